The molecule has 142 valence electrons. The van der Waals surface area contributed by atoms with E-state index < -0.39 is 0 Å². The summed E-state index contributed by atoms with van der Waals surface area (Å²) in [5.41, 5.74) is 9.00. The molecule has 0 atom stereocenters. The maximum Gasteiger partial charge on any atom is 0.220 e. The maximum atomic E-state index is 12.2. The third kappa shape index (κ3) is 6.11. The van der Waals surface area contributed by atoms with Crippen LogP contribution in [0.15, 0.2) is 54.6 Å². The van der Waals surface area contributed by atoms with Crippen LogP contribution in [-0.2, 0) is 11.2 Å². The van der Waals surface area contributed by atoms with Crippen LogP contribution in [0.4, 0.5) is 11.4 Å². The van der Waals surface area contributed by atoms with Crippen molar-refractivity contribution in [3.8, 4) is 0 Å². The number of nitrogen functional groups attached to an aromatic ring is 1. The third-order valence-electron chi connectivity index (χ3n) is 4.66. The van der Waals surface area contributed by atoms with Gasteiger partial charge in [0.15, 0.2) is 0 Å². The molecule has 1 heterocycles. The molecule has 3 N–H and O–H groups in total. The van der Waals surface area contributed by atoms with Gasteiger partial charge in [-0.2, -0.15) is 0 Å². The number of hydrogen-bond acceptors (Lipinski definition) is 3. The van der Waals surface area contributed by atoms with Crippen molar-refractivity contribution in [3.05, 3.63) is 60.2 Å². The number of anilines is 2. The number of hydrogen-bond donors (Lipinski definition) is 2. The van der Waals surface area contributed by atoms with E-state index >= 15 is 0 Å². The van der Waals surface area contributed by atoms with Crippen LogP contribution in [0.1, 0.15) is 24.8 Å². The molecule has 2 aromatic rings. The fourth-order valence-corrected chi connectivity index (χ4v) is 3.23. The van der Waals surface area contributed by atoms with Crippen LogP contribution in [0.3, 0.4) is 0 Å². The first-order valence-corrected chi connectivity index (χ1v) is 8.65. The number of rotatable bonds is 5. The van der Waals surface area contributed by atoms with Crippen LogP contribution in [0.2, 0.25) is 0 Å². The quantitative estimate of drug-likeness (QED) is 0.756. The summed E-state index contributed by atoms with van der Waals surface area (Å²) in [6.45, 7) is 1.97. The van der Waals surface area contributed by atoms with Gasteiger partial charge in [0, 0.05) is 36.9 Å². The van der Waals surface area contributed by atoms with Crippen molar-refractivity contribution in [1.29, 1.82) is 0 Å². The van der Waals surface area contributed by atoms with Gasteiger partial charge < -0.3 is 16.0 Å². The number of nitrogens with one attached hydrogen (secondary N) is 1. The molecular weight excluding hydrogens is 369 g/mol. The Morgan fingerprint density at radius 3 is 2.27 bits per heavy atom. The predicted octanol–water partition coefficient (Wildman–Crippen LogP) is 3.83. The highest BCUT2D eigenvalue weighted by Crippen LogP contribution is 2.19. The molecule has 0 bridgehead atoms. The van der Waals surface area contributed by atoms with Crippen molar-refractivity contribution in [3.63, 3.8) is 0 Å². The molecule has 1 amide bonds. The molecule has 1 saturated heterocycles. The maximum absolute atomic E-state index is 12.2. The van der Waals surface area contributed by atoms with Gasteiger partial charge in [-0.25, -0.2) is 0 Å². The Morgan fingerprint density at radius 1 is 1.00 bits per heavy atom. The van der Waals surface area contributed by atoms with Crippen LogP contribution in [0.25, 0.3) is 0 Å². The standard InChI is InChI=1S/C20H25N3O.2ClH/c21-19-9-5-4-6-16(19)10-11-20(24)22-17-12-14-23(15-13-17)18-7-2-1-3-8-18;;/h1-9,17H,10-15,21H2,(H,22,24);2*1H. The van der Waals surface area contributed by atoms with Crippen LogP contribution in [-0.4, -0.2) is 25.0 Å². The van der Waals surface area contributed by atoms with E-state index in [1.54, 1.807) is 0 Å². The number of piperidine rings is 1. The number of nitrogens with zero attached hydrogens (tertiary/aromatic N) is 1. The summed E-state index contributed by atoms with van der Waals surface area (Å²) in [6, 6.07) is 18.5. The molecule has 0 aliphatic carbocycles. The van der Waals surface area contributed by atoms with Crippen molar-refractivity contribution in [2.45, 2.75) is 31.7 Å². The predicted molar refractivity (Wildman–Crippen MR) is 113 cm³/mol. The molecule has 6 heteroatoms. The Bertz CT molecular complexity index is 674. The number of aryl methyl sites for hydroxylation is 1. The van der Waals surface area contributed by atoms with Crippen molar-refractivity contribution < 1.29 is 4.79 Å². The second-order valence-corrected chi connectivity index (χ2v) is 6.36. The van der Waals surface area contributed by atoms with E-state index in [-0.39, 0.29) is 36.8 Å². The van der Waals surface area contributed by atoms with Gasteiger partial charge in [0.25, 0.3) is 0 Å². The Balaban J connectivity index is 0.00000169. The zero-order valence-electron chi connectivity index (χ0n) is 14.8. The highest BCUT2D eigenvalue weighted by molar-refractivity contribution is 5.85. The second kappa shape index (κ2) is 10.9. The normalized spacial score (nSPS) is 14.1. The summed E-state index contributed by atoms with van der Waals surface area (Å²) >= 11 is 0. The topological polar surface area (TPSA) is 58.4 Å². The highest BCUT2D eigenvalue weighted by Gasteiger charge is 2.20. The molecule has 0 spiro atoms. The minimum Gasteiger partial charge on any atom is -0.399 e. The second-order valence-electron chi connectivity index (χ2n) is 6.36. The smallest absolute Gasteiger partial charge is 0.220 e. The molecule has 1 fully saturated rings. The van der Waals surface area contributed by atoms with Crippen LogP contribution in [0.5, 0.6) is 0 Å². The SMILES string of the molecule is Cl.Cl.Nc1ccccc1CCC(=O)NC1CCN(c2ccccc2)CC1. The number of carbonyl (C=O) groups is 1. The Kier molecular flexibility index (Phi) is 9.31. The van der Waals surface area contributed by atoms with E-state index in [1.807, 2.05) is 30.3 Å². The summed E-state index contributed by atoms with van der Waals surface area (Å²) in [5.74, 6) is 0.122. The van der Waals surface area contributed by atoms with Gasteiger partial charge in [0.05, 0.1) is 0 Å². The number of carbonyl (C=O) groups excluding carboxylic acids is 1. The Hall–Kier alpha value is -1.91. The monoisotopic (exact) mass is 395 g/mol. The van der Waals surface area contributed by atoms with E-state index in [4.69, 9.17) is 5.73 Å². The largest absolute Gasteiger partial charge is 0.399 e. The summed E-state index contributed by atoms with van der Waals surface area (Å²) in [7, 11) is 0. The summed E-state index contributed by atoms with van der Waals surface area (Å²) in [5, 5.41) is 3.17. The molecule has 1 aliphatic heterocycles. The van der Waals surface area contributed by atoms with Gasteiger partial charge in [0.1, 0.15) is 0 Å². The molecule has 3 rings (SSSR count). The number of nitrogens with two attached hydrogens (primary N) is 1. The van der Waals surface area contributed by atoms with Crippen LogP contribution >= 0.6 is 24.8 Å². The number of para-hydroxylation sites is 2. The van der Waals surface area contributed by atoms with E-state index in [1.165, 1.54) is 5.69 Å². The molecule has 0 radical (unpaired) electrons. The summed E-state index contributed by atoms with van der Waals surface area (Å²) in [6.07, 6.45) is 3.18. The van der Waals surface area contributed by atoms with Crippen LogP contribution in [0, 0.1) is 0 Å². The highest BCUT2D eigenvalue weighted by atomic mass is 35.5. The van der Waals surface area contributed by atoms with Gasteiger partial charge in [-0.1, -0.05) is 36.4 Å². The molecular formula is C20H27Cl2N3O. The summed E-state index contributed by atoms with van der Waals surface area (Å²) in [4.78, 5) is 14.6. The Morgan fingerprint density at radius 2 is 1.62 bits per heavy atom. The van der Waals surface area contributed by atoms with Gasteiger partial charge in [-0.3, -0.25) is 4.79 Å². The van der Waals surface area contributed by atoms with E-state index in [0.717, 1.165) is 37.2 Å². The summed E-state index contributed by atoms with van der Waals surface area (Å²) < 4.78 is 0. The molecule has 0 unspecified atom stereocenters. The van der Waals surface area contributed by atoms with Gasteiger partial charge in [0.2, 0.25) is 5.91 Å². The molecule has 1 aliphatic rings. The molecule has 2 aromatic carbocycles. The van der Waals surface area contributed by atoms with E-state index in [9.17, 15) is 4.79 Å². The van der Waals surface area contributed by atoms with Crippen molar-refractivity contribution in [2.75, 3.05) is 23.7 Å². The van der Waals surface area contributed by atoms with Gasteiger partial charge in [-0.15, -0.1) is 24.8 Å². The van der Waals surface area contributed by atoms with E-state index in [0.29, 0.717) is 12.8 Å². The lowest BCUT2D eigenvalue weighted by molar-refractivity contribution is -0.121. The number of halogens is 2. The lowest BCUT2D eigenvalue weighted by atomic mass is 10.0. The molecule has 26 heavy (non-hydrogen) atoms. The first kappa shape index (κ1) is 22.1. The average Bonchev–Trinajstić information content (AvgIpc) is 2.62. The Labute approximate surface area is 168 Å². The number of benzene rings is 2. The minimum absolute atomic E-state index is 0. The average molecular weight is 396 g/mol. The number of amides is 1. The first-order valence-electron chi connectivity index (χ1n) is 8.65. The van der Waals surface area contributed by atoms with Gasteiger partial charge >= 0.3 is 0 Å². The van der Waals surface area contributed by atoms with Crippen molar-refractivity contribution in [2.24, 2.45) is 0 Å². The molecule has 0 aromatic heterocycles. The van der Waals surface area contributed by atoms with Crippen molar-refractivity contribution >= 4 is 42.1 Å². The van der Waals surface area contributed by atoms with Crippen LogP contribution < -0.4 is 16.0 Å². The zero-order chi connectivity index (χ0) is 16.8. The zero-order valence-corrected chi connectivity index (χ0v) is 16.4. The van der Waals surface area contributed by atoms with Crippen molar-refractivity contribution in [1.82, 2.24) is 5.32 Å². The fourth-order valence-electron chi connectivity index (χ4n) is 3.23. The lowest BCUT2D eigenvalue weighted by Gasteiger charge is -2.34. The fraction of sp³-hybridized carbons (Fsp3) is 0.350. The lowest BCUT2D eigenvalue weighted by Crippen LogP contribution is -2.44. The first-order chi connectivity index (χ1) is 11.7. The molecule has 0 saturated carbocycles. The van der Waals surface area contributed by atoms with Gasteiger partial charge in [-0.05, 0) is 43.0 Å². The minimum atomic E-state index is 0. The molecule has 4 nitrogen and oxygen atoms in total. The third-order valence-corrected chi connectivity index (χ3v) is 4.66. The van der Waals surface area contributed by atoms with E-state index in [2.05, 4.69) is 34.5 Å².